The molecule has 1 amide bonds. The van der Waals surface area contributed by atoms with Gasteiger partial charge in [-0.2, -0.15) is 5.10 Å². The van der Waals surface area contributed by atoms with E-state index in [9.17, 15) is 9.59 Å². The monoisotopic (exact) mass is 592 g/mol. The van der Waals surface area contributed by atoms with E-state index in [1.165, 1.54) is 6.33 Å². The van der Waals surface area contributed by atoms with E-state index in [1.54, 1.807) is 34.8 Å². The van der Waals surface area contributed by atoms with Gasteiger partial charge in [0, 0.05) is 70.6 Å². The molecule has 3 aromatic rings. The van der Waals surface area contributed by atoms with E-state index in [4.69, 9.17) is 4.74 Å². The molecule has 1 aliphatic carbocycles. The van der Waals surface area contributed by atoms with Crippen molar-refractivity contribution in [2.45, 2.75) is 71.9 Å². The third kappa shape index (κ3) is 6.93. The van der Waals surface area contributed by atoms with Crippen LogP contribution in [0.2, 0.25) is 0 Å². The number of amides is 1. The molecule has 11 nitrogen and oxygen atoms in total. The zero-order chi connectivity index (χ0) is 30.6. The van der Waals surface area contributed by atoms with E-state index in [2.05, 4.69) is 45.6 Å². The van der Waals surface area contributed by atoms with E-state index in [1.807, 2.05) is 17.9 Å². The summed E-state index contributed by atoms with van der Waals surface area (Å²) in [5.41, 5.74) is 1.10. The van der Waals surface area contributed by atoms with Gasteiger partial charge >= 0.3 is 0 Å². The van der Waals surface area contributed by atoms with Crippen molar-refractivity contribution in [1.29, 1.82) is 0 Å². The third-order valence-electron chi connectivity index (χ3n) is 9.12. The summed E-state index contributed by atoms with van der Waals surface area (Å²) < 4.78 is 8.67. The van der Waals surface area contributed by atoms with Gasteiger partial charge in [0.25, 0.3) is 5.56 Å². The molecule has 11 heteroatoms. The first-order chi connectivity index (χ1) is 20.7. The van der Waals surface area contributed by atoms with Crippen LogP contribution in [0.15, 0.2) is 35.6 Å². The van der Waals surface area contributed by atoms with Crippen LogP contribution in [-0.2, 0) is 16.1 Å². The van der Waals surface area contributed by atoms with Crippen LogP contribution in [0.3, 0.4) is 0 Å². The summed E-state index contributed by atoms with van der Waals surface area (Å²) in [4.78, 5) is 42.4. The van der Waals surface area contributed by atoms with Crippen LogP contribution in [0.5, 0.6) is 0 Å². The Kier molecular flexibility index (Phi) is 9.81. The van der Waals surface area contributed by atoms with Crippen LogP contribution in [0.4, 0.5) is 5.82 Å². The number of hydrogen-bond acceptors (Lipinski definition) is 8. The molecule has 1 saturated heterocycles. The number of ether oxygens (including phenoxy) is 1. The van der Waals surface area contributed by atoms with Gasteiger partial charge in [0.1, 0.15) is 17.8 Å². The molecular weight excluding hydrogens is 544 g/mol. The topological polar surface area (TPSA) is 102 Å². The molecule has 0 spiro atoms. The molecule has 0 bridgehead atoms. The number of carbonyl (C=O) groups excluding carboxylic acids is 1. The molecule has 0 radical (unpaired) electrons. The maximum absolute atomic E-state index is 13.5. The first-order valence-electron chi connectivity index (χ1n) is 15.9. The van der Waals surface area contributed by atoms with E-state index >= 15 is 0 Å². The number of piperazine rings is 1. The number of anilines is 1. The highest BCUT2D eigenvalue weighted by Gasteiger charge is 2.33. The number of methoxy groups -OCH3 is 1. The van der Waals surface area contributed by atoms with Crippen molar-refractivity contribution >= 4 is 22.8 Å². The lowest BCUT2D eigenvalue weighted by Crippen LogP contribution is -2.51. The van der Waals surface area contributed by atoms with Gasteiger partial charge in [-0.15, -0.1) is 0 Å². The molecule has 234 valence electrons. The fourth-order valence-electron chi connectivity index (χ4n) is 6.56. The zero-order valence-corrected chi connectivity index (χ0v) is 26.5. The fourth-order valence-corrected chi connectivity index (χ4v) is 6.56. The summed E-state index contributed by atoms with van der Waals surface area (Å²) >= 11 is 0. The van der Waals surface area contributed by atoms with Crippen molar-refractivity contribution in [1.82, 2.24) is 34.1 Å². The van der Waals surface area contributed by atoms with Crippen molar-refractivity contribution in [3.8, 4) is 5.69 Å². The summed E-state index contributed by atoms with van der Waals surface area (Å²) in [5, 5.41) is 5.35. The Morgan fingerprint density at radius 2 is 1.84 bits per heavy atom. The minimum Gasteiger partial charge on any atom is -0.383 e. The largest absolute Gasteiger partial charge is 0.383 e. The SMILES string of the molecule is CCCn1cccc(-n2ncc3c(N4CCN(C(=O)[C@H]5CC[C@H](CN(CCOC)C(C)(C)C)CC5)CC4)ncnc32)c1=O. The lowest BCUT2D eigenvalue weighted by Gasteiger charge is -2.41. The molecule has 1 aliphatic heterocycles. The van der Waals surface area contributed by atoms with Crippen LogP contribution >= 0.6 is 0 Å². The molecule has 1 saturated carbocycles. The molecule has 3 aromatic heterocycles. The minimum absolute atomic E-state index is 0.0895. The molecule has 4 heterocycles. The van der Waals surface area contributed by atoms with Crippen molar-refractivity contribution < 1.29 is 9.53 Å². The third-order valence-corrected chi connectivity index (χ3v) is 9.12. The van der Waals surface area contributed by atoms with Gasteiger partial charge in [0.15, 0.2) is 5.65 Å². The highest BCUT2D eigenvalue weighted by molar-refractivity contribution is 5.88. The van der Waals surface area contributed by atoms with Crippen LogP contribution in [0.1, 0.15) is 59.8 Å². The maximum Gasteiger partial charge on any atom is 0.276 e. The second kappa shape index (κ2) is 13.5. The van der Waals surface area contributed by atoms with Gasteiger partial charge in [-0.3, -0.25) is 14.5 Å². The normalized spacial score (nSPS) is 19.9. The molecule has 0 atom stereocenters. The van der Waals surface area contributed by atoms with E-state index in [0.29, 0.717) is 55.9 Å². The Morgan fingerprint density at radius 1 is 1.09 bits per heavy atom. The Hall–Kier alpha value is -3.31. The van der Waals surface area contributed by atoms with E-state index < -0.39 is 0 Å². The molecule has 0 unspecified atom stereocenters. The van der Waals surface area contributed by atoms with Crippen molar-refractivity contribution in [2.24, 2.45) is 11.8 Å². The lowest BCUT2D eigenvalue weighted by molar-refractivity contribution is -0.137. The van der Waals surface area contributed by atoms with Gasteiger partial charge in [-0.1, -0.05) is 6.92 Å². The number of aromatic nitrogens is 5. The predicted octanol–water partition coefficient (Wildman–Crippen LogP) is 3.59. The number of pyridine rings is 1. The molecule has 5 rings (SSSR count). The van der Waals surface area contributed by atoms with Crippen molar-refractivity contribution in [3.63, 3.8) is 0 Å². The first kappa shape index (κ1) is 31.1. The lowest BCUT2D eigenvalue weighted by atomic mass is 9.80. The summed E-state index contributed by atoms with van der Waals surface area (Å²) in [6.07, 6.45) is 10.1. The second-order valence-electron chi connectivity index (χ2n) is 13.0. The second-order valence-corrected chi connectivity index (χ2v) is 13.0. The molecule has 43 heavy (non-hydrogen) atoms. The average molecular weight is 593 g/mol. The molecule has 0 N–H and O–H groups in total. The Balaban J connectivity index is 1.19. The number of fused-ring (bicyclic) bond motifs is 1. The zero-order valence-electron chi connectivity index (χ0n) is 26.5. The first-order valence-corrected chi connectivity index (χ1v) is 15.9. The number of rotatable bonds is 10. The van der Waals surface area contributed by atoms with Gasteiger partial charge in [0.2, 0.25) is 5.91 Å². The number of carbonyl (C=O) groups is 1. The Morgan fingerprint density at radius 3 is 2.51 bits per heavy atom. The molecule has 2 aliphatic rings. The van der Waals surface area contributed by atoms with Gasteiger partial charge in [-0.05, 0) is 70.9 Å². The highest BCUT2D eigenvalue weighted by atomic mass is 16.5. The summed E-state index contributed by atoms with van der Waals surface area (Å²) in [7, 11) is 1.76. The number of nitrogens with zero attached hydrogens (tertiary/aromatic N) is 8. The molecule has 0 aromatic carbocycles. The maximum atomic E-state index is 13.5. The summed E-state index contributed by atoms with van der Waals surface area (Å²) in [6, 6.07) is 3.65. The fraction of sp³-hybridized carbons (Fsp3) is 0.656. The quantitative estimate of drug-likeness (QED) is 0.352. The average Bonchev–Trinajstić information content (AvgIpc) is 3.44. The molecular formula is C32H48N8O3. The number of aryl methyl sites for hydroxylation is 1. The smallest absolute Gasteiger partial charge is 0.276 e. The summed E-state index contributed by atoms with van der Waals surface area (Å²) in [6.45, 7) is 15.0. The van der Waals surface area contributed by atoms with Crippen molar-refractivity contribution in [3.05, 3.63) is 41.2 Å². The van der Waals surface area contributed by atoms with Gasteiger partial charge in [-0.25, -0.2) is 14.6 Å². The van der Waals surface area contributed by atoms with Crippen molar-refractivity contribution in [2.75, 3.05) is 57.9 Å². The predicted molar refractivity (Wildman–Crippen MR) is 169 cm³/mol. The highest BCUT2D eigenvalue weighted by Crippen LogP contribution is 2.33. The van der Waals surface area contributed by atoms with Crippen LogP contribution in [0, 0.1) is 11.8 Å². The van der Waals surface area contributed by atoms with Gasteiger partial charge in [0.05, 0.1) is 18.2 Å². The Labute approximate surface area is 254 Å². The molecule has 2 fully saturated rings. The van der Waals surface area contributed by atoms with Crippen LogP contribution in [0.25, 0.3) is 16.7 Å². The standard InChI is InChI=1S/C32H48N8O3/c1-6-13-37-14-7-8-27(31(37)42)40-29-26(21-35-40)28(33-23-34-29)36-15-17-38(18-16-36)30(41)25-11-9-24(10-12-25)22-39(19-20-43-5)32(2,3)4/h7-8,14,21,23-25H,6,9-13,15-20,22H2,1-5H3/t24-,25-. The number of hydrogen-bond donors (Lipinski definition) is 0. The minimum atomic E-state index is -0.0895. The van der Waals surface area contributed by atoms with E-state index in [-0.39, 0.29) is 17.0 Å². The van der Waals surface area contributed by atoms with Gasteiger partial charge < -0.3 is 19.1 Å². The van der Waals surface area contributed by atoms with E-state index in [0.717, 1.165) is 63.0 Å². The summed E-state index contributed by atoms with van der Waals surface area (Å²) in [5.74, 6) is 1.85. The van der Waals surface area contributed by atoms with Crippen LogP contribution < -0.4 is 10.5 Å². The Bertz CT molecular complexity index is 1430. The van der Waals surface area contributed by atoms with Crippen LogP contribution in [-0.4, -0.2) is 98.5 Å².